The Bertz CT molecular complexity index is 706. The second kappa shape index (κ2) is 6.91. The van der Waals surface area contributed by atoms with Crippen molar-refractivity contribution in [3.8, 4) is 11.4 Å². The number of aromatic amines is 1. The Balaban J connectivity index is 0.00000169. The van der Waals surface area contributed by atoms with Gasteiger partial charge in [0.25, 0.3) is 5.91 Å². The number of carbonyl (C=O) groups is 1. The Labute approximate surface area is 147 Å². The molecule has 1 heterocycles. The van der Waals surface area contributed by atoms with Crippen LogP contribution in [0.4, 0.5) is 0 Å². The molecule has 2 aromatic rings. The molecule has 24 heavy (non-hydrogen) atoms. The van der Waals surface area contributed by atoms with Gasteiger partial charge in [-0.2, -0.15) is 5.10 Å². The van der Waals surface area contributed by atoms with Gasteiger partial charge in [-0.1, -0.05) is 12.1 Å². The van der Waals surface area contributed by atoms with Gasteiger partial charge < -0.3 is 11.1 Å². The third-order valence-electron chi connectivity index (χ3n) is 4.60. The Hall–Kier alpha value is -1.92. The number of rotatable bonds is 6. The lowest BCUT2D eigenvalue weighted by molar-refractivity contribution is 0.0950. The van der Waals surface area contributed by atoms with Gasteiger partial charge in [0.05, 0.1) is 0 Å². The molecule has 0 radical (unpaired) electrons. The topological polar surface area (TPSA) is 96.7 Å². The van der Waals surface area contributed by atoms with E-state index in [-0.39, 0.29) is 24.4 Å². The van der Waals surface area contributed by atoms with E-state index in [1.807, 2.05) is 12.1 Å². The van der Waals surface area contributed by atoms with Crippen LogP contribution < -0.4 is 11.1 Å². The smallest absolute Gasteiger partial charge is 0.251 e. The fourth-order valence-corrected chi connectivity index (χ4v) is 2.72. The monoisotopic (exact) mass is 347 g/mol. The van der Waals surface area contributed by atoms with E-state index < -0.39 is 0 Å². The Morgan fingerprint density at radius 1 is 1.25 bits per heavy atom. The molecule has 4 rings (SSSR count). The van der Waals surface area contributed by atoms with Crippen LogP contribution in [0.2, 0.25) is 0 Å². The Morgan fingerprint density at radius 2 is 1.96 bits per heavy atom. The molecule has 6 nitrogen and oxygen atoms in total. The largest absolute Gasteiger partial charge is 0.350 e. The molecule has 2 aliphatic carbocycles. The summed E-state index contributed by atoms with van der Waals surface area (Å²) in [4.78, 5) is 16.7. The molecular formula is C17H22ClN5O. The van der Waals surface area contributed by atoms with Gasteiger partial charge in [-0.05, 0) is 43.7 Å². The number of amides is 1. The molecule has 1 unspecified atom stereocenters. The van der Waals surface area contributed by atoms with Crippen molar-refractivity contribution >= 4 is 18.3 Å². The van der Waals surface area contributed by atoms with Gasteiger partial charge in [0.15, 0.2) is 5.82 Å². The molecule has 0 aliphatic heterocycles. The zero-order valence-corrected chi connectivity index (χ0v) is 14.2. The highest BCUT2D eigenvalue weighted by atomic mass is 35.5. The van der Waals surface area contributed by atoms with Crippen LogP contribution in [0.15, 0.2) is 24.3 Å². The van der Waals surface area contributed by atoms with E-state index in [2.05, 4.69) is 20.5 Å². The van der Waals surface area contributed by atoms with Crippen molar-refractivity contribution in [2.75, 3.05) is 6.54 Å². The summed E-state index contributed by atoms with van der Waals surface area (Å²) in [7, 11) is 0. The minimum atomic E-state index is -0.0821. The zero-order chi connectivity index (χ0) is 15.8. The molecule has 1 amide bonds. The molecule has 4 N–H and O–H groups in total. The second-order valence-corrected chi connectivity index (χ2v) is 6.61. The van der Waals surface area contributed by atoms with E-state index in [1.165, 1.54) is 25.7 Å². The highest BCUT2D eigenvalue weighted by Gasteiger charge is 2.28. The number of nitrogens with zero attached hydrogens (tertiary/aromatic N) is 2. The molecule has 0 spiro atoms. The van der Waals surface area contributed by atoms with E-state index in [0.29, 0.717) is 29.8 Å². The summed E-state index contributed by atoms with van der Waals surface area (Å²) in [6.45, 7) is 0.539. The number of nitrogens with two attached hydrogens (primary N) is 1. The second-order valence-electron chi connectivity index (χ2n) is 6.61. The molecule has 0 saturated heterocycles. The molecule has 2 fully saturated rings. The zero-order valence-electron chi connectivity index (χ0n) is 13.4. The number of H-pyrrole nitrogens is 1. The molecule has 128 valence electrons. The van der Waals surface area contributed by atoms with Gasteiger partial charge in [-0.3, -0.25) is 9.89 Å². The van der Waals surface area contributed by atoms with E-state index in [4.69, 9.17) is 5.73 Å². The molecule has 7 heteroatoms. The summed E-state index contributed by atoms with van der Waals surface area (Å²) < 4.78 is 0. The van der Waals surface area contributed by atoms with Crippen molar-refractivity contribution in [3.05, 3.63) is 35.7 Å². The van der Waals surface area contributed by atoms with Crippen molar-refractivity contribution in [3.63, 3.8) is 0 Å². The lowest BCUT2D eigenvalue weighted by atomic mass is 10.1. The van der Waals surface area contributed by atoms with Crippen molar-refractivity contribution in [2.45, 2.75) is 37.6 Å². The number of halogens is 1. The summed E-state index contributed by atoms with van der Waals surface area (Å²) in [5.41, 5.74) is 7.55. The van der Waals surface area contributed by atoms with Crippen molar-refractivity contribution in [1.82, 2.24) is 20.5 Å². The predicted octanol–water partition coefficient (Wildman–Crippen LogP) is 2.24. The average Bonchev–Trinajstić information content (AvgIpc) is 3.51. The van der Waals surface area contributed by atoms with Gasteiger partial charge >= 0.3 is 0 Å². The van der Waals surface area contributed by atoms with E-state index in [0.717, 1.165) is 11.4 Å². The van der Waals surface area contributed by atoms with Gasteiger partial charge in [0, 0.05) is 29.6 Å². The predicted molar refractivity (Wildman–Crippen MR) is 94.1 cm³/mol. The van der Waals surface area contributed by atoms with Gasteiger partial charge in [-0.25, -0.2) is 4.98 Å². The summed E-state index contributed by atoms with van der Waals surface area (Å²) in [6, 6.07) is 7.46. The summed E-state index contributed by atoms with van der Waals surface area (Å²) in [6.07, 6.45) is 4.75. The van der Waals surface area contributed by atoms with Crippen LogP contribution in [0.5, 0.6) is 0 Å². The first-order valence-corrected chi connectivity index (χ1v) is 8.27. The maximum Gasteiger partial charge on any atom is 0.251 e. The van der Waals surface area contributed by atoms with E-state index in [9.17, 15) is 4.79 Å². The quantitative estimate of drug-likeness (QED) is 0.746. The maximum absolute atomic E-state index is 12.1. The first kappa shape index (κ1) is 16.9. The first-order valence-electron chi connectivity index (χ1n) is 8.27. The van der Waals surface area contributed by atoms with Crippen molar-refractivity contribution in [1.29, 1.82) is 0 Å². The normalized spacial score (nSPS) is 17.9. The maximum atomic E-state index is 12.1. The van der Waals surface area contributed by atoms with Crippen LogP contribution in [0.1, 0.15) is 47.8 Å². The molecule has 1 aromatic heterocycles. The van der Waals surface area contributed by atoms with Gasteiger partial charge in [-0.15, -0.1) is 12.4 Å². The summed E-state index contributed by atoms with van der Waals surface area (Å²) in [5.74, 6) is 2.72. The standard InChI is InChI=1S/C17H21N5O.ClH/c18-14(10-1-2-10)9-19-17(23)13-7-5-12(6-8-13)16-20-15(21-22-16)11-3-4-11;/h5-8,10-11,14H,1-4,9,18H2,(H,19,23)(H,20,21,22);1H. The van der Waals surface area contributed by atoms with Crippen LogP contribution in [0.25, 0.3) is 11.4 Å². The number of benzene rings is 1. The van der Waals surface area contributed by atoms with Crippen LogP contribution in [-0.2, 0) is 0 Å². The van der Waals surface area contributed by atoms with Crippen LogP contribution in [-0.4, -0.2) is 33.7 Å². The Kier molecular flexibility index (Phi) is 4.87. The van der Waals surface area contributed by atoms with Crippen molar-refractivity contribution < 1.29 is 4.79 Å². The SMILES string of the molecule is Cl.NC(CNC(=O)c1ccc(-c2n[nH]c(C3CC3)n2)cc1)C1CC1. The van der Waals surface area contributed by atoms with Gasteiger partial charge in [0.1, 0.15) is 5.82 Å². The fraction of sp³-hybridized carbons (Fsp3) is 0.471. The molecule has 0 bridgehead atoms. The number of nitrogens with one attached hydrogen (secondary N) is 2. The lowest BCUT2D eigenvalue weighted by Crippen LogP contribution is -2.38. The van der Waals surface area contributed by atoms with Gasteiger partial charge in [0.2, 0.25) is 0 Å². The Morgan fingerprint density at radius 3 is 2.58 bits per heavy atom. The van der Waals surface area contributed by atoms with Crippen molar-refractivity contribution in [2.24, 2.45) is 11.7 Å². The lowest BCUT2D eigenvalue weighted by Gasteiger charge is -2.11. The number of carbonyl (C=O) groups excluding carboxylic acids is 1. The third-order valence-corrected chi connectivity index (χ3v) is 4.60. The van der Waals surface area contributed by atoms with Crippen LogP contribution in [0, 0.1) is 5.92 Å². The van der Waals surface area contributed by atoms with Crippen LogP contribution >= 0.6 is 12.4 Å². The summed E-state index contributed by atoms with van der Waals surface area (Å²) in [5, 5.41) is 10.2. The third kappa shape index (κ3) is 3.76. The minimum absolute atomic E-state index is 0. The highest BCUT2D eigenvalue weighted by Crippen LogP contribution is 2.38. The molecule has 1 aromatic carbocycles. The number of hydrogen-bond donors (Lipinski definition) is 3. The average molecular weight is 348 g/mol. The molecule has 2 aliphatic rings. The first-order chi connectivity index (χ1) is 11.2. The molecular weight excluding hydrogens is 326 g/mol. The van der Waals surface area contributed by atoms with Crippen LogP contribution in [0.3, 0.4) is 0 Å². The van der Waals surface area contributed by atoms with E-state index in [1.54, 1.807) is 12.1 Å². The summed E-state index contributed by atoms with van der Waals surface area (Å²) >= 11 is 0. The number of hydrogen-bond acceptors (Lipinski definition) is 4. The highest BCUT2D eigenvalue weighted by molar-refractivity contribution is 5.94. The number of aromatic nitrogens is 3. The minimum Gasteiger partial charge on any atom is -0.350 e. The van der Waals surface area contributed by atoms with E-state index >= 15 is 0 Å². The molecule has 1 atom stereocenters. The fourth-order valence-electron chi connectivity index (χ4n) is 2.72. The molecule has 2 saturated carbocycles.